The predicted octanol–water partition coefficient (Wildman–Crippen LogP) is 3.66. The van der Waals surface area contributed by atoms with Crippen molar-refractivity contribution in [3.63, 3.8) is 0 Å². The van der Waals surface area contributed by atoms with Gasteiger partial charge in [-0.2, -0.15) is 0 Å². The molecule has 1 spiro atoms. The first-order chi connectivity index (χ1) is 19.2. The monoisotopic (exact) mass is 520 g/mol. The zero-order chi connectivity index (χ0) is 26.2. The Hall–Kier alpha value is -3.95. The molecule has 6 N–H and O–H groups in total. The maximum atomic E-state index is 6.41. The van der Waals surface area contributed by atoms with Crippen molar-refractivity contribution < 1.29 is 9.47 Å². The van der Waals surface area contributed by atoms with Crippen molar-refractivity contribution in [3.8, 4) is 22.4 Å². The molecule has 0 radical (unpaired) electrons. The zero-order valence-electron chi connectivity index (χ0n) is 21.7. The van der Waals surface area contributed by atoms with Crippen LogP contribution in [0.4, 0.5) is 0 Å². The third-order valence-electron chi connectivity index (χ3n) is 7.74. The number of aromatic amines is 1. The zero-order valence-corrected chi connectivity index (χ0v) is 21.7. The van der Waals surface area contributed by atoms with Crippen LogP contribution in [0.15, 0.2) is 84.8 Å². The van der Waals surface area contributed by atoms with Gasteiger partial charge >= 0.3 is 0 Å². The van der Waals surface area contributed by atoms with E-state index in [1.807, 2.05) is 12.4 Å². The molecule has 3 aliphatic rings. The van der Waals surface area contributed by atoms with Crippen LogP contribution in [0.5, 0.6) is 0 Å². The Morgan fingerprint density at radius 1 is 0.949 bits per heavy atom. The molecule has 1 unspecified atom stereocenters. The molecular formula is C31H32N6O2. The van der Waals surface area contributed by atoms with Crippen molar-refractivity contribution in [1.29, 1.82) is 0 Å². The van der Waals surface area contributed by atoms with E-state index in [1.165, 1.54) is 16.5 Å². The summed E-state index contributed by atoms with van der Waals surface area (Å²) in [6.07, 6.45) is 5.92. The fourth-order valence-electron chi connectivity index (χ4n) is 5.36. The molecule has 2 fully saturated rings. The van der Waals surface area contributed by atoms with Crippen LogP contribution in [0.3, 0.4) is 0 Å². The lowest BCUT2D eigenvalue weighted by Crippen LogP contribution is -2.47. The average Bonchev–Trinajstić information content (AvgIpc) is 3.40. The van der Waals surface area contributed by atoms with Crippen molar-refractivity contribution in [2.45, 2.75) is 11.6 Å². The van der Waals surface area contributed by atoms with Gasteiger partial charge in [0, 0.05) is 25.0 Å². The highest BCUT2D eigenvalue weighted by Gasteiger charge is 2.45. The third-order valence-corrected chi connectivity index (χ3v) is 7.74. The number of H-pyrrole nitrogens is 1. The van der Waals surface area contributed by atoms with Gasteiger partial charge < -0.3 is 30.8 Å². The summed E-state index contributed by atoms with van der Waals surface area (Å²) in [7, 11) is 0. The van der Waals surface area contributed by atoms with Crippen LogP contribution in [0.2, 0.25) is 0 Å². The van der Waals surface area contributed by atoms with Crippen LogP contribution in [0.25, 0.3) is 38.9 Å². The Labute approximate surface area is 227 Å². The molecule has 2 saturated heterocycles. The number of aromatic nitrogens is 2. The highest BCUT2D eigenvalue weighted by molar-refractivity contribution is 5.90. The van der Waals surface area contributed by atoms with E-state index in [2.05, 4.69) is 92.7 Å². The van der Waals surface area contributed by atoms with Crippen LogP contribution in [-0.4, -0.2) is 55.0 Å². The second-order valence-electron chi connectivity index (χ2n) is 10.4. The summed E-state index contributed by atoms with van der Waals surface area (Å²) in [4.78, 5) is 8.01. The summed E-state index contributed by atoms with van der Waals surface area (Å²) >= 11 is 0. The van der Waals surface area contributed by atoms with Gasteiger partial charge in [0.15, 0.2) is 0 Å². The minimum absolute atomic E-state index is 0.114. The molecule has 0 bridgehead atoms. The van der Waals surface area contributed by atoms with Gasteiger partial charge in [0.05, 0.1) is 50.1 Å². The van der Waals surface area contributed by atoms with Crippen molar-refractivity contribution in [3.05, 3.63) is 96.2 Å². The fraction of sp³-hybridized carbons (Fsp3) is 0.258. The largest absolute Gasteiger partial charge is 0.397 e. The second-order valence-corrected chi connectivity index (χ2v) is 10.4. The molecule has 8 nitrogen and oxygen atoms in total. The molecular weight excluding hydrogens is 488 g/mol. The minimum Gasteiger partial charge on any atom is -0.397 e. The quantitative estimate of drug-likeness (QED) is 0.264. The smallest absolute Gasteiger partial charge is 0.126 e. The number of benzene rings is 3. The lowest BCUT2D eigenvalue weighted by Gasteiger charge is -2.25. The molecule has 3 heterocycles. The molecule has 0 amide bonds. The Morgan fingerprint density at radius 3 is 2.56 bits per heavy atom. The van der Waals surface area contributed by atoms with Gasteiger partial charge in [-0.3, -0.25) is 5.32 Å². The van der Waals surface area contributed by atoms with Gasteiger partial charge in [0.1, 0.15) is 11.4 Å². The molecule has 2 aliphatic heterocycles. The first kappa shape index (κ1) is 24.1. The lowest BCUT2D eigenvalue weighted by atomic mass is 9.98. The number of nitrogens with one attached hydrogen (secondary N) is 4. The van der Waals surface area contributed by atoms with E-state index >= 15 is 0 Å². The summed E-state index contributed by atoms with van der Waals surface area (Å²) in [5.74, 6) is 0.915. The maximum absolute atomic E-state index is 6.41. The minimum atomic E-state index is -0.129. The van der Waals surface area contributed by atoms with E-state index in [-0.39, 0.29) is 11.6 Å². The average molecular weight is 521 g/mol. The van der Waals surface area contributed by atoms with Gasteiger partial charge in [-0.1, -0.05) is 48.5 Å². The Bertz CT molecular complexity index is 1560. The number of rotatable bonds is 6. The number of fused-ring (bicyclic) bond motifs is 1. The van der Waals surface area contributed by atoms with Crippen LogP contribution in [0.1, 0.15) is 17.4 Å². The van der Waals surface area contributed by atoms with E-state index in [0.717, 1.165) is 60.0 Å². The first-order valence-corrected chi connectivity index (χ1v) is 13.5. The molecule has 1 aliphatic carbocycles. The Balaban J connectivity index is 1.04. The summed E-state index contributed by atoms with van der Waals surface area (Å²) in [6, 6.07) is 21.6. The van der Waals surface area contributed by atoms with Crippen LogP contribution < -0.4 is 21.7 Å². The molecule has 198 valence electrons. The molecule has 0 saturated carbocycles. The molecule has 2 atom stereocenters. The van der Waals surface area contributed by atoms with E-state index in [9.17, 15) is 0 Å². The molecule has 8 heteroatoms. The van der Waals surface area contributed by atoms with Gasteiger partial charge in [0.25, 0.3) is 0 Å². The number of morpholine rings is 2. The van der Waals surface area contributed by atoms with Crippen LogP contribution in [-0.2, 0) is 9.47 Å². The van der Waals surface area contributed by atoms with Gasteiger partial charge in [-0.25, -0.2) is 4.98 Å². The van der Waals surface area contributed by atoms with Gasteiger partial charge in [0.2, 0.25) is 0 Å². The maximum Gasteiger partial charge on any atom is 0.126 e. The summed E-state index contributed by atoms with van der Waals surface area (Å²) in [5.41, 5.74) is 13.5. The molecule has 3 aromatic carbocycles. The number of imidazole rings is 1. The second kappa shape index (κ2) is 9.98. The number of hydrogen-bond donors (Lipinski definition) is 5. The van der Waals surface area contributed by atoms with Crippen LogP contribution in [0, 0.1) is 0 Å². The van der Waals surface area contributed by atoms with Crippen molar-refractivity contribution >= 4 is 16.5 Å². The number of ether oxygens (including phenoxy) is 2. The summed E-state index contributed by atoms with van der Waals surface area (Å²) < 4.78 is 11.2. The number of nitrogens with zero attached hydrogens (tertiary/aromatic N) is 1. The number of hydrogen-bond acceptors (Lipinski definition) is 7. The van der Waals surface area contributed by atoms with E-state index in [1.54, 1.807) is 0 Å². The third kappa shape index (κ3) is 4.84. The topological polar surface area (TPSA) is 109 Å². The standard InChI is InChI=1S/C31H32N6O2/c32-26(16-34-29-15-31(29)19-39-12-10-36-31)25-8-7-23-13-22(5-6-24(23)14-25)20-1-3-21(4-2-20)27-17-35-30(37-27)28-18-38-11-9-33-28/h1-8,13-17,28,33-34,36H,9-12,18-19,32H2,(H,35,37)/b26-16-/t28-,31?/m0/s1. The van der Waals surface area contributed by atoms with Crippen molar-refractivity contribution in [1.82, 2.24) is 25.9 Å². The molecule has 4 aromatic rings. The van der Waals surface area contributed by atoms with Gasteiger partial charge in [-0.15, -0.1) is 0 Å². The molecule has 7 rings (SSSR count). The number of nitrogens with two attached hydrogens (primary N) is 1. The van der Waals surface area contributed by atoms with Gasteiger partial charge in [-0.05, 0) is 51.2 Å². The predicted molar refractivity (Wildman–Crippen MR) is 153 cm³/mol. The summed E-state index contributed by atoms with van der Waals surface area (Å²) in [6.45, 7) is 4.52. The fourth-order valence-corrected chi connectivity index (χ4v) is 5.36. The molecule has 1 aromatic heterocycles. The highest BCUT2D eigenvalue weighted by Crippen LogP contribution is 2.34. The first-order valence-electron chi connectivity index (χ1n) is 13.5. The normalized spacial score (nSPS) is 23.1. The van der Waals surface area contributed by atoms with E-state index in [0.29, 0.717) is 18.9 Å². The molecule has 39 heavy (non-hydrogen) atoms. The summed E-state index contributed by atoms with van der Waals surface area (Å²) in [5, 5.41) is 12.6. The van der Waals surface area contributed by atoms with E-state index in [4.69, 9.17) is 15.2 Å². The Morgan fingerprint density at radius 2 is 1.74 bits per heavy atom. The van der Waals surface area contributed by atoms with Crippen LogP contribution >= 0.6 is 0 Å². The highest BCUT2D eigenvalue weighted by atomic mass is 16.5. The Kier molecular flexibility index (Phi) is 6.17. The SMILES string of the molecule is N/C(=C\NC1=CC12COCCN2)c1ccc2cc(-c3ccc(-c4cnc([C@@H]5COCCN5)[nH]4)cc3)ccc2c1. The lowest BCUT2D eigenvalue weighted by molar-refractivity contribution is 0.0736. The van der Waals surface area contributed by atoms with Crippen molar-refractivity contribution in [2.75, 3.05) is 39.5 Å². The van der Waals surface area contributed by atoms with E-state index < -0.39 is 0 Å². The van der Waals surface area contributed by atoms with Crippen molar-refractivity contribution in [2.24, 2.45) is 5.73 Å².